The highest BCUT2D eigenvalue weighted by atomic mass is 35.5. The van der Waals surface area contributed by atoms with Gasteiger partial charge in [-0.3, -0.25) is 4.98 Å². The molecule has 6 heteroatoms. The minimum Gasteiger partial charge on any atom is -0.497 e. The van der Waals surface area contributed by atoms with E-state index in [1.807, 2.05) is 12.1 Å². The van der Waals surface area contributed by atoms with Crippen molar-refractivity contribution in [3.05, 3.63) is 60.0 Å². The van der Waals surface area contributed by atoms with Gasteiger partial charge in [-0.25, -0.2) is 4.98 Å². The molecule has 0 radical (unpaired) electrons. The van der Waals surface area contributed by atoms with E-state index in [4.69, 9.17) is 21.1 Å². The Labute approximate surface area is 132 Å². The molecule has 0 fully saturated rings. The largest absolute Gasteiger partial charge is 0.497 e. The number of hydrogen-bond donors (Lipinski definition) is 0. The Morgan fingerprint density at radius 3 is 2.45 bits per heavy atom. The van der Waals surface area contributed by atoms with E-state index >= 15 is 0 Å². The summed E-state index contributed by atoms with van der Waals surface area (Å²) in [6.07, 6.45) is 4.88. The van der Waals surface area contributed by atoms with Gasteiger partial charge < -0.3 is 9.47 Å². The van der Waals surface area contributed by atoms with Gasteiger partial charge in [-0.2, -0.15) is 4.98 Å². The predicted octanol–water partition coefficient (Wildman–Crippen LogP) is 3.99. The lowest BCUT2D eigenvalue weighted by molar-refractivity contribution is 0.412. The summed E-state index contributed by atoms with van der Waals surface area (Å²) >= 11 is 6.10. The van der Waals surface area contributed by atoms with Gasteiger partial charge in [0.15, 0.2) is 5.82 Å². The van der Waals surface area contributed by atoms with E-state index in [9.17, 15) is 0 Å². The topological polar surface area (TPSA) is 57.1 Å². The second kappa shape index (κ2) is 6.41. The number of rotatable bonds is 4. The molecule has 2 aromatic heterocycles. The number of aromatic nitrogens is 3. The average molecular weight is 314 g/mol. The summed E-state index contributed by atoms with van der Waals surface area (Å²) in [6, 6.07) is 10.8. The van der Waals surface area contributed by atoms with Gasteiger partial charge in [-0.05, 0) is 36.4 Å². The van der Waals surface area contributed by atoms with Crippen molar-refractivity contribution < 1.29 is 9.47 Å². The van der Waals surface area contributed by atoms with Crippen LogP contribution in [0.5, 0.6) is 17.4 Å². The lowest BCUT2D eigenvalue weighted by Crippen LogP contribution is -1.95. The molecule has 0 N–H and O–H groups in total. The highest BCUT2D eigenvalue weighted by Gasteiger charge is 2.10. The van der Waals surface area contributed by atoms with Crippen LogP contribution in [-0.4, -0.2) is 22.1 Å². The Balaban J connectivity index is 1.89. The maximum Gasteiger partial charge on any atom is 0.241 e. The minimum atomic E-state index is 0.292. The van der Waals surface area contributed by atoms with Crippen LogP contribution in [0.25, 0.3) is 11.4 Å². The van der Waals surface area contributed by atoms with Crippen LogP contribution in [0, 0.1) is 0 Å². The molecule has 0 aliphatic carbocycles. The molecule has 0 saturated carbocycles. The molecule has 1 aromatic carbocycles. The lowest BCUT2D eigenvalue weighted by atomic mass is 10.3. The molecule has 0 saturated heterocycles. The van der Waals surface area contributed by atoms with Crippen molar-refractivity contribution in [1.82, 2.24) is 15.0 Å². The van der Waals surface area contributed by atoms with Crippen molar-refractivity contribution in [2.45, 2.75) is 0 Å². The van der Waals surface area contributed by atoms with Crippen molar-refractivity contribution in [2.24, 2.45) is 0 Å². The van der Waals surface area contributed by atoms with Crippen LogP contribution in [0.15, 0.2) is 55.0 Å². The van der Waals surface area contributed by atoms with Gasteiger partial charge in [-0.15, -0.1) is 0 Å². The van der Waals surface area contributed by atoms with Crippen molar-refractivity contribution in [2.75, 3.05) is 7.11 Å². The second-order valence-corrected chi connectivity index (χ2v) is 4.77. The van der Waals surface area contributed by atoms with Crippen LogP contribution in [-0.2, 0) is 0 Å². The first-order valence-corrected chi connectivity index (χ1v) is 6.89. The first-order valence-electron chi connectivity index (χ1n) is 6.51. The zero-order valence-electron chi connectivity index (χ0n) is 11.7. The van der Waals surface area contributed by atoms with Gasteiger partial charge >= 0.3 is 0 Å². The Kier molecular flexibility index (Phi) is 4.16. The van der Waals surface area contributed by atoms with Gasteiger partial charge in [0.05, 0.1) is 13.3 Å². The molecule has 22 heavy (non-hydrogen) atoms. The van der Waals surface area contributed by atoms with Crippen LogP contribution in [0.3, 0.4) is 0 Å². The molecule has 0 aliphatic heterocycles. The monoisotopic (exact) mass is 313 g/mol. The molecule has 5 nitrogen and oxygen atoms in total. The van der Waals surface area contributed by atoms with E-state index in [2.05, 4.69) is 15.0 Å². The summed E-state index contributed by atoms with van der Waals surface area (Å²) < 4.78 is 10.8. The van der Waals surface area contributed by atoms with Gasteiger partial charge in [0, 0.05) is 18.0 Å². The summed E-state index contributed by atoms with van der Waals surface area (Å²) in [4.78, 5) is 12.6. The molecular formula is C16H12ClN3O2. The summed E-state index contributed by atoms with van der Waals surface area (Å²) in [6.45, 7) is 0. The first-order chi connectivity index (χ1) is 10.8. The van der Waals surface area contributed by atoms with Crippen LogP contribution < -0.4 is 9.47 Å². The maximum absolute atomic E-state index is 6.10. The first kappa shape index (κ1) is 14.3. The number of ether oxygens (including phenoxy) is 2. The highest BCUT2D eigenvalue weighted by molar-refractivity contribution is 6.31. The molecule has 3 rings (SSSR count). The molecule has 110 valence electrons. The number of benzene rings is 1. The van der Waals surface area contributed by atoms with Gasteiger partial charge in [0.1, 0.15) is 16.5 Å². The number of nitrogens with zero attached hydrogens (tertiary/aromatic N) is 3. The van der Waals surface area contributed by atoms with Crippen LogP contribution in [0.1, 0.15) is 0 Å². The van der Waals surface area contributed by atoms with E-state index in [0.29, 0.717) is 22.5 Å². The van der Waals surface area contributed by atoms with Crippen molar-refractivity contribution in [1.29, 1.82) is 0 Å². The number of hydrogen-bond acceptors (Lipinski definition) is 5. The quantitative estimate of drug-likeness (QED) is 0.729. The maximum atomic E-state index is 6.10. The zero-order valence-corrected chi connectivity index (χ0v) is 12.5. The smallest absolute Gasteiger partial charge is 0.241 e. The summed E-state index contributed by atoms with van der Waals surface area (Å²) in [5.74, 6) is 2.15. The van der Waals surface area contributed by atoms with Crippen molar-refractivity contribution >= 4 is 11.6 Å². The molecule has 0 amide bonds. The normalized spacial score (nSPS) is 10.3. The molecule has 0 unspecified atom stereocenters. The Morgan fingerprint density at radius 2 is 1.77 bits per heavy atom. The summed E-state index contributed by atoms with van der Waals surface area (Å²) in [7, 11) is 1.61. The Hall–Kier alpha value is -2.66. The fraction of sp³-hybridized carbons (Fsp3) is 0.0625. The molecule has 3 aromatic rings. The standard InChI is InChI=1S/C16H12ClN3O2/c1-21-12-4-6-13(7-5-12)22-16-14(17)10-19-15(20-16)11-3-2-8-18-9-11/h2-10H,1H3. The van der Waals surface area contributed by atoms with Crippen LogP contribution in [0.2, 0.25) is 5.02 Å². The molecule has 2 heterocycles. The Bertz CT molecular complexity index is 764. The van der Waals surface area contributed by atoms with Gasteiger partial charge in [-0.1, -0.05) is 11.6 Å². The zero-order chi connectivity index (χ0) is 15.4. The number of halogens is 1. The average Bonchev–Trinajstić information content (AvgIpc) is 2.58. The van der Waals surface area contributed by atoms with E-state index in [-0.39, 0.29) is 0 Å². The SMILES string of the molecule is COc1ccc(Oc2nc(-c3cccnc3)ncc2Cl)cc1. The van der Waals surface area contributed by atoms with E-state index in [1.54, 1.807) is 43.8 Å². The number of pyridine rings is 1. The highest BCUT2D eigenvalue weighted by Crippen LogP contribution is 2.29. The van der Waals surface area contributed by atoms with Crippen molar-refractivity contribution in [3.8, 4) is 28.8 Å². The van der Waals surface area contributed by atoms with Gasteiger partial charge in [0.25, 0.3) is 0 Å². The third kappa shape index (κ3) is 3.15. The third-order valence-corrected chi connectivity index (χ3v) is 3.16. The third-order valence-electron chi connectivity index (χ3n) is 2.91. The molecular weight excluding hydrogens is 302 g/mol. The van der Waals surface area contributed by atoms with E-state index < -0.39 is 0 Å². The summed E-state index contributed by atoms with van der Waals surface area (Å²) in [5.41, 5.74) is 0.791. The molecule has 0 atom stereocenters. The number of methoxy groups -OCH3 is 1. The lowest BCUT2D eigenvalue weighted by Gasteiger charge is -2.08. The fourth-order valence-electron chi connectivity index (χ4n) is 1.81. The van der Waals surface area contributed by atoms with Crippen molar-refractivity contribution in [3.63, 3.8) is 0 Å². The fourth-order valence-corrected chi connectivity index (χ4v) is 1.94. The summed E-state index contributed by atoms with van der Waals surface area (Å²) in [5, 5.41) is 0.337. The Morgan fingerprint density at radius 1 is 1.00 bits per heavy atom. The molecule has 0 aliphatic rings. The predicted molar refractivity (Wildman–Crippen MR) is 83.3 cm³/mol. The van der Waals surface area contributed by atoms with E-state index in [0.717, 1.165) is 11.3 Å². The van der Waals surface area contributed by atoms with Crippen LogP contribution >= 0.6 is 11.6 Å². The van der Waals surface area contributed by atoms with Crippen LogP contribution in [0.4, 0.5) is 0 Å². The molecule has 0 spiro atoms. The molecule has 0 bridgehead atoms. The van der Waals surface area contributed by atoms with Gasteiger partial charge in [0.2, 0.25) is 5.88 Å². The second-order valence-electron chi connectivity index (χ2n) is 4.37. The minimum absolute atomic E-state index is 0.292. The van der Waals surface area contributed by atoms with E-state index in [1.165, 1.54) is 6.20 Å².